The van der Waals surface area contributed by atoms with Gasteiger partial charge in [0.15, 0.2) is 6.29 Å². The smallest absolute Gasteiger partial charge is 0.199 e. The Bertz CT molecular complexity index is 244. The maximum absolute atomic E-state index is 9.26. The van der Waals surface area contributed by atoms with Gasteiger partial charge in [0.05, 0.1) is 32.2 Å². The van der Waals surface area contributed by atoms with Gasteiger partial charge in [-0.3, -0.25) is 0 Å². The fraction of sp³-hybridized carbons (Fsp3) is 0.667. The zero-order chi connectivity index (χ0) is 11.6. The van der Waals surface area contributed by atoms with Gasteiger partial charge in [-0.1, -0.05) is 0 Å². The first-order valence-corrected chi connectivity index (χ1v) is 5.44. The van der Waals surface area contributed by atoms with Crippen LogP contribution in [0.1, 0.15) is 19.3 Å². The van der Waals surface area contributed by atoms with E-state index in [1.807, 2.05) is 6.08 Å². The third kappa shape index (κ3) is 5.76. The molecule has 0 fully saturated rings. The van der Waals surface area contributed by atoms with Gasteiger partial charge in [0, 0.05) is 12.8 Å². The molecule has 2 unspecified atom stereocenters. The molecule has 0 saturated heterocycles. The van der Waals surface area contributed by atoms with Gasteiger partial charge in [-0.05, 0) is 12.5 Å². The van der Waals surface area contributed by atoms with Gasteiger partial charge < -0.3 is 19.3 Å². The van der Waals surface area contributed by atoms with Crippen molar-refractivity contribution in [2.24, 2.45) is 0 Å². The SMILES string of the molecule is C#CCC(O)COCCOC1CCC=CO1. The third-order valence-electron chi connectivity index (χ3n) is 2.09. The van der Waals surface area contributed by atoms with E-state index in [2.05, 4.69) is 5.92 Å². The highest BCUT2D eigenvalue weighted by molar-refractivity contribution is 4.86. The Hall–Kier alpha value is -1.02. The number of rotatable bonds is 7. The van der Waals surface area contributed by atoms with Gasteiger partial charge in [0.1, 0.15) is 0 Å². The summed E-state index contributed by atoms with van der Waals surface area (Å²) < 4.78 is 15.8. The van der Waals surface area contributed by atoms with Crippen LogP contribution in [0.2, 0.25) is 0 Å². The van der Waals surface area contributed by atoms with Crippen LogP contribution in [-0.2, 0) is 14.2 Å². The molecule has 0 aromatic carbocycles. The molecule has 0 aromatic heterocycles. The first kappa shape index (κ1) is 13.0. The van der Waals surface area contributed by atoms with Crippen molar-refractivity contribution in [1.29, 1.82) is 0 Å². The molecule has 1 aliphatic rings. The van der Waals surface area contributed by atoms with E-state index in [0.29, 0.717) is 19.6 Å². The molecule has 0 amide bonds. The molecule has 0 bridgehead atoms. The van der Waals surface area contributed by atoms with E-state index in [1.165, 1.54) is 0 Å². The highest BCUT2D eigenvalue weighted by Crippen LogP contribution is 2.10. The first-order chi connectivity index (χ1) is 7.83. The van der Waals surface area contributed by atoms with Crippen LogP contribution in [0.5, 0.6) is 0 Å². The molecule has 16 heavy (non-hydrogen) atoms. The lowest BCUT2D eigenvalue weighted by molar-refractivity contribution is -0.128. The number of hydrogen-bond donors (Lipinski definition) is 1. The largest absolute Gasteiger partial charge is 0.473 e. The van der Waals surface area contributed by atoms with Gasteiger partial charge in [-0.15, -0.1) is 12.3 Å². The van der Waals surface area contributed by atoms with E-state index in [0.717, 1.165) is 12.8 Å². The van der Waals surface area contributed by atoms with Gasteiger partial charge in [0.25, 0.3) is 0 Å². The molecule has 1 rings (SSSR count). The Kier molecular flexibility index (Phi) is 6.66. The fourth-order valence-corrected chi connectivity index (χ4v) is 1.29. The predicted molar refractivity (Wildman–Crippen MR) is 59.5 cm³/mol. The van der Waals surface area contributed by atoms with Crippen LogP contribution in [0.3, 0.4) is 0 Å². The summed E-state index contributed by atoms with van der Waals surface area (Å²) >= 11 is 0. The lowest BCUT2D eigenvalue weighted by Crippen LogP contribution is -2.21. The van der Waals surface area contributed by atoms with Gasteiger partial charge in [0.2, 0.25) is 0 Å². The van der Waals surface area contributed by atoms with Crippen LogP contribution in [-0.4, -0.2) is 37.3 Å². The zero-order valence-electron chi connectivity index (χ0n) is 9.30. The standard InChI is InChI=1S/C12H18O4/c1-2-5-11(13)10-14-8-9-16-12-6-3-4-7-15-12/h1,4,7,11-13H,3,5-6,8-10H2. The molecule has 0 saturated carbocycles. The van der Waals surface area contributed by atoms with Crippen molar-refractivity contribution in [2.45, 2.75) is 31.7 Å². The Labute approximate surface area is 96.2 Å². The summed E-state index contributed by atoms with van der Waals surface area (Å²) in [5, 5.41) is 9.26. The van der Waals surface area contributed by atoms with Crippen LogP contribution in [0.15, 0.2) is 12.3 Å². The van der Waals surface area contributed by atoms with Crippen LogP contribution in [0, 0.1) is 12.3 Å². The quantitative estimate of drug-likeness (QED) is 0.521. The maximum Gasteiger partial charge on any atom is 0.199 e. The summed E-state index contributed by atoms with van der Waals surface area (Å²) in [7, 11) is 0. The average molecular weight is 226 g/mol. The molecule has 1 heterocycles. The molecular formula is C12H18O4. The molecule has 0 aliphatic carbocycles. The second-order valence-electron chi connectivity index (χ2n) is 3.52. The summed E-state index contributed by atoms with van der Waals surface area (Å²) in [6.07, 6.45) is 10.1. The van der Waals surface area contributed by atoms with Gasteiger partial charge in [-0.2, -0.15) is 0 Å². The molecule has 2 atom stereocenters. The second-order valence-corrected chi connectivity index (χ2v) is 3.52. The summed E-state index contributed by atoms with van der Waals surface area (Å²) in [5.41, 5.74) is 0. The van der Waals surface area contributed by atoms with Crippen molar-refractivity contribution in [3.63, 3.8) is 0 Å². The number of aliphatic hydroxyl groups excluding tert-OH is 1. The van der Waals surface area contributed by atoms with Crippen LogP contribution < -0.4 is 0 Å². The zero-order valence-corrected chi connectivity index (χ0v) is 9.30. The third-order valence-corrected chi connectivity index (χ3v) is 2.09. The Morgan fingerprint density at radius 2 is 2.44 bits per heavy atom. The Balaban J connectivity index is 1.92. The number of aliphatic hydroxyl groups is 1. The van der Waals surface area contributed by atoms with Crippen molar-refractivity contribution in [1.82, 2.24) is 0 Å². The van der Waals surface area contributed by atoms with Gasteiger partial charge >= 0.3 is 0 Å². The van der Waals surface area contributed by atoms with Crippen molar-refractivity contribution < 1.29 is 19.3 Å². The van der Waals surface area contributed by atoms with E-state index >= 15 is 0 Å². The molecule has 4 heteroatoms. The van der Waals surface area contributed by atoms with Crippen LogP contribution >= 0.6 is 0 Å². The number of ether oxygens (including phenoxy) is 3. The minimum absolute atomic E-state index is 0.163. The molecule has 0 aromatic rings. The number of allylic oxidation sites excluding steroid dienone is 1. The fourth-order valence-electron chi connectivity index (χ4n) is 1.29. The highest BCUT2D eigenvalue weighted by Gasteiger charge is 2.10. The van der Waals surface area contributed by atoms with Crippen LogP contribution in [0.4, 0.5) is 0 Å². The summed E-state index contributed by atoms with van der Waals surface area (Å²) in [6.45, 7) is 1.14. The first-order valence-electron chi connectivity index (χ1n) is 5.44. The maximum atomic E-state index is 9.26. The van der Waals surface area contributed by atoms with Crippen molar-refractivity contribution in [3.05, 3.63) is 12.3 Å². The lowest BCUT2D eigenvalue weighted by atomic mass is 10.3. The molecular weight excluding hydrogens is 208 g/mol. The van der Waals surface area contributed by atoms with Crippen LogP contribution in [0.25, 0.3) is 0 Å². The topological polar surface area (TPSA) is 47.9 Å². The molecule has 4 nitrogen and oxygen atoms in total. The summed E-state index contributed by atoms with van der Waals surface area (Å²) in [6, 6.07) is 0. The van der Waals surface area contributed by atoms with E-state index < -0.39 is 6.10 Å². The second kappa shape index (κ2) is 8.17. The van der Waals surface area contributed by atoms with Crippen molar-refractivity contribution in [2.75, 3.05) is 19.8 Å². The summed E-state index contributed by atoms with van der Waals surface area (Å²) in [5.74, 6) is 2.37. The number of terminal acetylenes is 1. The molecule has 1 N–H and O–H groups in total. The van der Waals surface area contributed by atoms with E-state index in [1.54, 1.807) is 6.26 Å². The van der Waals surface area contributed by atoms with E-state index in [4.69, 9.17) is 20.6 Å². The normalized spacial score (nSPS) is 21.1. The van der Waals surface area contributed by atoms with Crippen molar-refractivity contribution >= 4 is 0 Å². The van der Waals surface area contributed by atoms with Gasteiger partial charge in [-0.25, -0.2) is 0 Å². The minimum Gasteiger partial charge on any atom is -0.473 e. The van der Waals surface area contributed by atoms with E-state index in [9.17, 15) is 5.11 Å². The summed E-state index contributed by atoms with van der Waals surface area (Å²) in [4.78, 5) is 0. The molecule has 90 valence electrons. The molecule has 0 radical (unpaired) electrons. The predicted octanol–water partition coefficient (Wildman–Crippen LogP) is 1.05. The average Bonchev–Trinajstić information content (AvgIpc) is 2.30. The monoisotopic (exact) mass is 226 g/mol. The Morgan fingerprint density at radius 1 is 1.56 bits per heavy atom. The minimum atomic E-state index is -0.584. The number of hydrogen-bond acceptors (Lipinski definition) is 4. The molecule has 0 spiro atoms. The molecule has 1 aliphatic heterocycles. The highest BCUT2D eigenvalue weighted by atomic mass is 16.7. The van der Waals surface area contributed by atoms with Crippen molar-refractivity contribution in [3.8, 4) is 12.3 Å². The van der Waals surface area contributed by atoms with E-state index in [-0.39, 0.29) is 12.9 Å². The lowest BCUT2D eigenvalue weighted by Gasteiger charge is -2.19. The Morgan fingerprint density at radius 3 is 3.12 bits per heavy atom.